The van der Waals surface area contributed by atoms with Crippen LogP contribution in [0.5, 0.6) is 0 Å². The van der Waals surface area contributed by atoms with Crippen molar-refractivity contribution < 1.29 is 5.21 Å². The molecule has 3 rings (SSSR count). The van der Waals surface area contributed by atoms with Crippen molar-refractivity contribution in [3.8, 4) is 5.69 Å². The number of aromatic nitrogens is 2. The number of para-hydroxylation sites is 1. The Morgan fingerprint density at radius 1 is 1.14 bits per heavy atom. The average molecular weight is 284 g/mol. The number of oxime groups is 1. The zero-order valence-electron chi connectivity index (χ0n) is 12.2. The smallest absolute Gasteiger partial charge is 0.141 e. The molecule has 2 heterocycles. The van der Waals surface area contributed by atoms with Crippen molar-refractivity contribution in [3.63, 3.8) is 0 Å². The minimum atomic E-state index is 0.872. The first kappa shape index (κ1) is 13.7. The first-order valence-electron chi connectivity index (χ1n) is 7.38. The summed E-state index contributed by atoms with van der Waals surface area (Å²) in [5.41, 5.74) is 2.79. The van der Waals surface area contributed by atoms with Crippen LogP contribution in [-0.4, -0.2) is 34.3 Å². The zero-order valence-corrected chi connectivity index (χ0v) is 12.2. The molecule has 1 fully saturated rings. The molecule has 0 radical (unpaired) electrons. The average Bonchev–Trinajstić information content (AvgIpc) is 2.86. The van der Waals surface area contributed by atoms with Gasteiger partial charge in [0.2, 0.25) is 0 Å². The van der Waals surface area contributed by atoms with E-state index in [4.69, 9.17) is 5.21 Å². The summed E-state index contributed by atoms with van der Waals surface area (Å²) >= 11 is 0. The fourth-order valence-corrected chi connectivity index (χ4v) is 2.90. The molecule has 0 unspecified atom stereocenters. The second kappa shape index (κ2) is 5.99. The predicted octanol–water partition coefficient (Wildman–Crippen LogP) is 2.98. The van der Waals surface area contributed by atoms with E-state index in [1.165, 1.54) is 25.5 Å². The molecule has 2 aromatic rings. The molecule has 0 saturated carbocycles. The molecule has 1 aliphatic heterocycles. The second-order valence-corrected chi connectivity index (χ2v) is 5.36. The standard InChI is InChI=1S/C16H20N4O/c1-13-15(12-17-21)16(19-10-6-3-7-11-19)20(18-13)14-8-4-2-5-9-14/h2,4-5,8-9,12,21H,3,6-7,10-11H2,1H3/b17-12-. The summed E-state index contributed by atoms with van der Waals surface area (Å²) in [6.07, 6.45) is 5.15. The van der Waals surface area contributed by atoms with E-state index < -0.39 is 0 Å². The fourth-order valence-electron chi connectivity index (χ4n) is 2.90. The monoisotopic (exact) mass is 284 g/mol. The van der Waals surface area contributed by atoms with Crippen molar-refractivity contribution in [2.45, 2.75) is 26.2 Å². The lowest BCUT2D eigenvalue weighted by atomic mass is 10.1. The molecule has 0 aliphatic carbocycles. The van der Waals surface area contributed by atoms with Gasteiger partial charge >= 0.3 is 0 Å². The van der Waals surface area contributed by atoms with Crippen LogP contribution >= 0.6 is 0 Å². The lowest BCUT2D eigenvalue weighted by molar-refractivity contribution is 0.322. The highest BCUT2D eigenvalue weighted by Crippen LogP contribution is 2.28. The summed E-state index contributed by atoms with van der Waals surface area (Å²) in [6, 6.07) is 10.1. The van der Waals surface area contributed by atoms with Crippen molar-refractivity contribution in [2.75, 3.05) is 18.0 Å². The van der Waals surface area contributed by atoms with Crippen LogP contribution in [0.3, 0.4) is 0 Å². The van der Waals surface area contributed by atoms with Gasteiger partial charge < -0.3 is 10.1 Å². The van der Waals surface area contributed by atoms with E-state index in [0.29, 0.717) is 0 Å². The van der Waals surface area contributed by atoms with E-state index >= 15 is 0 Å². The van der Waals surface area contributed by atoms with Gasteiger partial charge in [0.25, 0.3) is 0 Å². The fraction of sp³-hybridized carbons (Fsp3) is 0.375. The van der Waals surface area contributed by atoms with E-state index in [1.807, 2.05) is 41.9 Å². The Bertz CT molecular complexity index is 627. The van der Waals surface area contributed by atoms with Crippen LogP contribution in [0, 0.1) is 6.92 Å². The van der Waals surface area contributed by atoms with Gasteiger partial charge in [-0.3, -0.25) is 0 Å². The summed E-state index contributed by atoms with van der Waals surface area (Å²) < 4.78 is 1.96. The van der Waals surface area contributed by atoms with Gasteiger partial charge in [-0.2, -0.15) is 5.10 Å². The maximum absolute atomic E-state index is 8.96. The molecule has 0 amide bonds. The molecule has 1 N–H and O–H groups in total. The van der Waals surface area contributed by atoms with Crippen molar-refractivity contribution in [1.29, 1.82) is 0 Å². The Hall–Kier alpha value is -2.30. The number of hydrogen-bond acceptors (Lipinski definition) is 4. The SMILES string of the molecule is Cc1nn(-c2ccccc2)c(N2CCCCC2)c1/C=N\O. The number of nitrogens with zero attached hydrogens (tertiary/aromatic N) is 4. The molecule has 21 heavy (non-hydrogen) atoms. The Morgan fingerprint density at radius 2 is 1.86 bits per heavy atom. The van der Waals surface area contributed by atoms with Gasteiger partial charge in [0, 0.05) is 13.1 Å². The molecule has 0 atom stereocenters. The van der Waals surface area contributed by atoms with Crippen LogP contribution in [0.25, 0.3) is 5.69 Å². The lowest BCUT2D eigenvalue weighted by Gasteiger charge is -2.29. The molecule has 0 bridgehead atoms. The van der Waals surface area contributed by atoms with Gasteiger partial charge in [0.1, 0.15) is 5.82 Å². The molecule has 1 aliphatic rings. The molecule has 1 saturated heterocycles. The minimum absolute atomic E-state index is 0.872. The van der Waals surface area contributed by atoms with Crippen LogP contribution < -0.4 is 4.90 Å². The van der Waals surface area contributed by atoms with Gasteiger partial charge in [0.15, 0.2) is 0 Å². The van der Waals surface area contributed by atoms with Gasteiger partial charge in [-0.05, 0) is 38.3 Å². The molecular formula is C16H20N4O. The number of hydrogen-bond donors (Lipinski definition) is 1. The molecule has 5 nitrogen and oxygen atoms in total. The third-order valence-corrected chi connectivity index (χ3v) is 3.92. The highest BCUT2D eigenvalue weighted by molar-refractivity contribution is 5.88. The maximum atomic E-state index is 8.96. The van der Waals surface area contributed by atoms with E-state index in [0.717, 1.165) is 35.9 Å². The van der Waals surface area contributed by atoms with Gasteiger partial charge in [0.05, 0.1) is 23.2 Å². The quantitative estimate of drug-likeness (QED) is 0.535. The first-order chi connectivity index (χ1) is 10.3. The number of rotatable bonds is 3. The van der Waals surface area contributed by atoms with E-state index in [2.05, 4.69) is 15.2 Å². The van der Waals surface area contributed by atoms with Crippen molar-refractivity contribution >= 4 is 12.0 Å². The van der Waals surface area contributed by atoms with E-state index in [-0.39, 0.29) is 0 Å². The van der Waals surface area contributed by atoms with Gasteiger partial charge in [-0.15, -0.1) is 0 Å². The Balaban J connectivity index is 2.13. The van der Waals surface area contributed by atoms with Crippen molar-refractivity contribution in [2.24, 2.45) is 5.16 Å². The minimum Gasteiger partial charge on any atom is -0.411 e. The molecule has 1 aromatic carbocycles. The second-order valence-electron chi connectivity index (χ2n) is 5.36. The summed E-state index contributed by atoms with van der Waals surface area (Å²) in [4.78, 5) is 2.34. The summed E-state index contributed by atoms with van der Waals surface area (Å²) in [6.45, 7) is 3.98. The van der Waals surface area contributed by atoms with Crippen LogP contribution in [-0.2, 0) is 0 Å². The number of benzene rings is 1. The third-order valence-electron chi connectivity index (χ3n) is 3.92. The number of piperidine rings is 1. The molecule has 5 heteroatoms. The van der Waals surface area contributed by atoms with E-state index in [9.17, 15) is 0 Å². The van der Waals surface area contributed by atoms with Crippen LogP contribution in [0.1, 0.15) is 30.5 Å². The Labute approximate surface area is 124 Å². The van der Waals surface area contributed by atoms with Gasteiger partial charge in [-0.1, -0.05) is 23.4 Å². The lowest BCUT2D eigenvalue weighted by Crippen LogP contribution is -2.32. The topological polar surface area (TPSA) is 53.7 Å². The summed E-state index contributed by atoms with van der Waals surface area (Å²) in [7, 11) is 0. The molecule has 110 valence electrons. The van der Waals surface area contributed by atoms with Crippen molar-refractivity contribution in [3.05, 3.63) is 41.6 Å². The van der Waals surface area contributed by atoms with E-state index in [1.54, 1.807) is 0 Å². The normalized spacial score (nSPS) is 15.8. The van der Waals surface area contributed by atoms with Crippen LogP contribution in [0.2, 0.25) is 0 Å². The third kappa shape index (κ3) is 2.63. The summed E-state index contributed by atoms with van der Waals surface area (Å²) in [5.74, 6) is 1.02. The largest absolute Gasteiger partial charge is 0.411 e. The zero-order chi connectivity index (χ0) is 14.7. The summed E-state index contributed by atoms with van der Waals surface area (Å²) in [5, 5.41) is 16.8. The first-order valence-corrected chi connectivity index (χ1v) is 7.38. The number of anilines is 1. The Kier molecular flexibility index (Phi) is 3.90. The van der Waals surface area contributed by atoms with Crippen LogP contribution in [0.4, 0.5) is 5.82 Å². The molecule has 0 spiro atoms. The highest BCUT2D eigenvalue weighted by atomic mass is 16.4. The maximum Gasteiger partial charge on any atom is 0.141 e. The highest BCUT2D eigenvalue weighted by Gasteiger charge is 2.22. The van der Waals surface area contributed by atoms with Gasteiger partial charge in [-0.25, -0.2) is 4.68 Å². The number of aryl methyl sites for hydroxylation is 1. The molecule has 1 aromatic heterocycles. The Morgan fingerprint density at radius 3 is 2.52 bits per heavy atom. The molecular weight excluding hydrogens is 264 g/mol. The van der Waals surface area contributed by atoms with Crippen LogP contribution in [0.15, 0.2) is 35.5 Å². The van der Waals surface area contributed by atoms with Crippen molar-refractivity contribution in [1.82, 2.24) is 9.78 Å². The predicted molar refractivity (Wildman–Crippen MR) is 83.7 cm³/mol.